The van der Waals surface area contributed by atoms with E-state index in [1.807, 2.05) is 67.6 Å². The molecule has 1 amide bonds. The van der Waals surface area contributed by atoms with Gasteiger partial charge in [-0.3, -0.25) is 14.6 Å². The summed E-state index contributed by atoms with van der Waals surface area (Å²) in [5.74, 6) is 0.337. The number of Topliss-reactive ketones (excluding diaryl/α,β-unsaturated/α-hetero) is 1. The number of pyridine rings is 1. The Morgan fingerprint density at radius 3 is 2.62 bits per heavy atom. The summed E-state index contributed by atoms with van der Waals surface area (Å²) in [6.45, 7) is 2.13. The summed E-state index contributed by atoms with van der Waals surface area (Å²) >= 11 is 0. The number of likely N-dealkylation sites (tertiary alicyclic amines) is 1. The van der Waals surface area contributed by atoms with Crippen molar-refractivity contribution in [1.29, 1.82) is 0 Å². The first-order valence-electron chi connectivity index (χ1n) is 12.8. The smallest absolute Gasteiger partial charge is 0.295 e. The van der Waals surface area contributed by atoms with Crippen molar-refractivity contribution in [1.82, 2.24) is 9.88 Å². The third-order valence-electron chi connectivity index (χ3n) is 6.94. The molecular weight excluding hydrogens is 492 g/mol. The first-order valence-corrected chi connectivity index (χ1v) is 12.8. The van der Waals surface area contributed by atoms with Gasteiger partial charge >= 0.3 is 0 Å². The maximum Gasteiger partial charge on any atom is 0.295 e. The molecule has 1 N–H and O–H groups in total. The van der Waals surface area contributed by atoms with Gasteiger partial charge in [0.1, 0.15) is 29.1 Å². The number of ether oxygens (including phenoxy) is 2. The first-order chi connectivity index (χ1) is 19.0. The predicted molar refractivity (Wildman–Crippen MR) is 145 cm³/mol. The molecule has 194 valence electrons. The van der Waals surface area contributed by atoms with Crippen molar-refractivity contribution in [2.45, 2.75) is 32.0 Å². The fourth-order valence-corrected chi connectivity index (χ4v) is 5.18. The Morgan fingerprint density at radius 2 is 1.82 bits per heavy atom. The number of carbonyl (C=O) groups is 2. The monoisotopic (exact) mass is 518 g/mol. The average Bonchev–Trinajstić information content (AvgIpc) is 3.45. The van der Waals surface area contributed by atoms with Gasteiger partial charge in [-0.15, -0.1) is 0 Å². The number of ketones is 1. The van der Waals surface area contributed by atoms with E-state index < -0.39 is 17.7 Å². The number of carbonyl (C=O) groups excluding carboxylic acids is 2. The molecule has 2 atom stereocenters. The van der Waals surface area contributed by atoms with E-state index in [2.05, 4.69) is 4.98 Å². The Morgan fingerprint density at radius 1 is 1.00 bits per heavy atom. The highest BCUT2D eigenvalue weighted by Gasteiger charge is 2.46. The highest BCUT2D eigenvalue weighted by molar-refractivity contribution is 6.46. The fraction of sp³-hybridized carbons (Fsp3) is 0.156. The van der Waals surface area contributed by atoms with Gasteiger partial charge in [0.15, 0.2) is 0 Å². The van der Waals surface area contributed by atoms with E-state index in [1.165, 1.54) is 4.90 Å². The molecule has 2 aliphatic rings. The fourth-order valence-electron chi connectivity index (χ4n) is 5.18. The molecule has 1 saturated heterocycles. The van der Waals surface area contributed by atoms with Gasteiger partial charge in [-0.2, -0.15) is 0 Å². The van der Waals surface area contributed by atoms with Gasteiger partial charge in [0.05, 0.1) is 11.6 Å². The summed E-state index contributed by atoms with van der Waals surface area (Å²) in [5.41, 5.74) is 2.86. The summed E-state index contributed by atoms with van der Waals surface area (Å²) in [4.78, 5) is 32.5. The number of para-hydroxylation sites is 1. The molecule has 2 unspecified atom stereocenters. The first kappa shape index (κ1) is 24.4. The molecule has 6 rings (SSSR count). The van der Waals surface area contributed by atoms with Gasteiger partial charge < -0.3 is 19.5 Å². The Labute approximate surface area is 226 Å². The number of benzene rings is 3. The summed E-state index contributed by atoms with van der Waals surface area (Å²) in [7, 11) is 0. The zero-order valence-corrected chi connectivity index (χ0v) is 21.3. The van der Waals surface area contributed by atoms with Crippen molar-refractivity contribution in [2.75, 3.05) is 0 Å². The van der Waals surface area contributed by atoms with Gasteiger partial charge in [-0.1, -0.05) is 36.4 Å². The van der Waals surface area contributed by atoms with Crippen molar-refractivity contribution in [3.05, 3.63) is 125 Å². The van der Waals surface area contributed by atoms with Gasteiger partial charge in [0.2, 0.25) is 0 Å². The molecule has 1 fully saturated rings. The minimum absolute atomic E-state index is 0.0349. The van der Waals surface area contributed by atoms with E-state index in [4.69, 9.17) is 9.47 Å². The highest BCUT2D eigenvalue weighted by atomic mass is 16.5. The van der Waals surface area contributed by atoms with E-state index >= 15 is 0 Å². The van der Waals surface area contributed by atoms with E-state index in [0.29, 0.717) is 29.0 Å². The number of nitrogens with zero attached hydrogens (tertiary/aromatic N) is 2. The maximum absolute atomic E-state index is 13.5. The summed E-state index contributed by atoms with van der Waals surface area (Å²) in [5, 5.41) is 11.5. The van der Waals surface area contributed by atoms with Gasteiger partial charge in [0.25, 0.3) is 11.7 Å². The SMILES string of the molecule is CC1Cc2cc(C(O)=C3C(=O)C(=O)N(Cc4cccnc4)C3c3cccc(Oc4ccccc4)c3)ccc2O1. The molecule has 4 aromatic rings. The molecule has 3 heterocycles. The molecule has 0 saturated carbocycles. The predicted octanol–water partition coefficient (Wildman–Crippen LogP) is 5.82. The van der Waals surface area contributed by atoms with Crippen LogP contribution in [-0.2, 0) is 22.6 Å². The number of rotatable bonds is 6. The summed E-state index contributed by atoms with van der Waals surface area (Å²) in [6.07, 6.45) is 4.05. The molecule has 1 aromatic heterocycles. The standard InChI is InChI=1S/C32H26N2O5/c1-20-15-24-16-23(12-13-27(24)38-20)30(35)28-29(34(32(37)31(28)36)19-21-7-6-14-33-18-21)22-8-5-11-26(17-22)39-25-9-3-2-4-10-25/h2-14,16-18,20,29,35H,15,19H2,1H3. The second-order valence-electron chi connectivity index (χ2n) is 9.73. The van der Waals surface area contributed by atoms with Crippen LogP contribution in [0.25, 0.3) is 5.76 Å². The van der Waals surface area contributed by atoms with Crippen LogP contribution in [0.3, 0.4) is 0 Å². The lowest BCUT2D eigenvalue weighted by molar-refractivity contribution is -0.140. The molecule has 3 aromatic carbocycles. The maximum atomic E-state index is 13.5. The Kier molecular flexibility index (Phi) is 6.32. The molecule has 0 bridgehead atoms. The molecular formula is C32H26N2O5. The van der Waals surface area contributed by atoms with Crippen LogP contribution in [-0.4, -0.2) is 32.8 Å². The second-order valence-corrected chi connectivity index (χ2v) is 9.73. The lowest BCUT2D eigenvalue weighted by Gasteiger charge is -2.25. The zero-order valence-electron chi connectivity index (χ0n) is 21.3. The molecule has 2 aliphatic heterocycles. The van der Waals surface area contributed by atoms with Crippen LogP contribution in [0.4, 0.5) is 0 Å². The lowest BCUT2D eigenvalue weighted by Crippen LogP contribution is -2.29. The normalized spacial score (nSPS) is 19.6. The highest BCUT2D eigenvalue weighted by Crippen LogP contribution is 2.42. The molecule has 7 nitrogen and oxygen atoms in total. The van der Waals surface area contributed by atoms with E-state index in [-0.39, 0.29) is 24.0 Å². The van der Waals surface area contributed by atoms with Crippen LogP contribution in [0, 0.1) is 0 Å². The van der Waals surface area contributed by atoms with Crippen molar-refractivity contribution >= 4 is 17.4 Å². The molecule has 39 heavy (non-hydrogen) atoms. The Hall–Kier alpha value is -4.91. The van der Waals surface area contributed by atoms with E-state index in [1.54, 1.807) is 36.7 Å². The summed E-state index contributed by atoms with van der Waals surface area (Å²) in [6, 6.07) is 24.7. The second kappa shape index (κ2) is 10.1. The van der Waals surface area contributed by atoms with Crippen molar-refractivity contribution in [3.63, 3.8) is 0 Å². The van der Waals surface area contributed by atoms with Crippen LogP contribution in [0.1, 0.15) is 35.2 Å². The number of fused-ring (bicyclic) bond motifs is 1. The molecule has 0 aliphatic carbocycles. The zero-order chi connectivity index (χ0) is 26.9. The van der Waals surface area contributed by atoms with Crippen LogP contribution >= 0.6 is 0 Å². The number of hydrogen-bond acceptors (Lipinski definition) is 6. The van der Waals surface area contributed by atoms with Gasteiger partial charge in [0, 0.05) is 30.9 Å². The number of aliphatic hydroxyl groups excluding tert-OH is 1. The van der Waals surface area contributed by atoms with E-state index in [0.717, 1.165) is 16.9 Å². The van der Waals surface area contributed by atoms with Crippen molar-refractivity contribution < 1.29 is 24.2 Å². The van der Waals surface area contributed by atoms with Gasteiger partial charge in [-0.25, -0.2) is 0 Å². The number of aromatic nitrogens is 1. The topological polar surface area (TPSA) is 89.0 Å². The van der Waals surface area contributed by atoms with Crippen LogP contribution in [0.15, 0.2) is 103 Å². The lowest BCUT2D eigenvalue weighted by atomic mass is 9.94. The third kappa shape index (κ3) is 4.75. The van der Waals surface area contributed by atoms with Crippen LogP contribution < -0.4 is 9.47 Å². The largest absolute Gasteiger partial charge is 0.507 e. The average molecular weight is 519 g/mol. The third-order valence-corrected chi connectivity index (χ3v) is 6.94. The molecule has 7 heteroatoms. The van der Waals surface area contributed by atoms with Gasteiger partial charge in [-0.05, 0) is 72.1 Å². The summed E-state index contributed by atoms with van der Waals surface area (Å²) < 4.78 is 11.8. The Bertz CT molecular complexity index is 1580. The molecule has 0 radical (unpaired) electrons. The quantitative estimate of drug-likeness (QED) is 0.197. The van der Waals surface area contributed by atoms with Crippen LogP contribution in [0.2, 0.25) is 0 Å². The number of hydrogen-bond donors (Lipinski definition) is 1. The minimum Gasteiger partial charge on any atom is -0.507 e. The van der Waals surface area contributed by atoms with Crippen molar-refractivity contribution in [3.8, 4) is 17.2 Å². The number of amides is 1. The van der Waals surface area contributed by atoms with E-state index in [9.17, 15) is 14.7 Å². The van der Waals surface area contributed by atoms with Crippen molar-refractivity contribution in [2.24, 2.45) is 0 Å². The van der Waals surface area contributed by atoms with Crippen LogP contribution in [0.5, 0.6) is 17.2 Å². The Balaban J connectivity index is 1.45. The minimum atomic E-state index is -0.826. The number of aliphatic hydroxyl groups is 1. The molecule has 0 spiro atoms.